The molecule has 0 spiro atoms. The molecule has 3 heteroatoms. The van der Waals surface area contributed by atoms with Gasteiger partial charge in [-0.15, -0.1) is 0 Å². The van der Waals surface area contributed by atoms with Gasteiger partial charge < -0.3 is 5.32 Å². The molecule has 0 aliphatic carbocycles. The lowest BCUT2D eigenvalue weighted by molar-refractivity contribution is -0.114. The van der Waals surface area contributed by atoms with Gasteiger partial charge in [0.2, 0.25) is 5.91 Å². The van der Waals surface area contributed by atoms with E-state index in [1.165, 1.54) is 25.1 Å². The largest absolute Gasteiger partial charge is 0.326 e. The first kappa shape index (κ1) is 8.71. The zero-order chi connectivity index (χ0) is 9.14. The van der Waals surface area contributed by atoms with E-state index in [0.717, 1.165) is 0 Å². The van der Waals surface area contributed by atoms with Crippen LogP contribution in [0.5, 0.6) is 0 Å². The Hall–Kier alpha value is -1.38. The van der Waals surface area contributed by atoms with E-state index in [2.05, 4.69) is 5.32 Å². The second kappa shape index (κ2) is 3.34. The van der Waals surface area contributed by atoms with Gasteiger partial charge in [-0.2, -0.15) is 0 Å². The van der Waals surface area contributed by atoms with Crippen molar-refractivity contribution in [3.05, 3.63) is 36.5 Å². The Morgan fingerprint density at radius 2 is 2.25 bits per heavy atom. The summed E-state index contributed by atoms with van der Waals surface area (Å²) in [5.74, 6) is -0.690. The summed E-state index contributed by atoms with van der Waals surface area (Å²) in [5, 5.41) is 2.49. The van der Waals surface area contributed by atoms with Crippen molar-refractivity contribution in [3.8, 4) is 0 Å². The van der Waals surface area contributed by atoms with Crippen LogP contribution in [0, 0.1) is 12.7 Å². The molecule has 0 saturated heterocycles. The van der Waals surface area contributed by atoms with Gasteiger partial charge in [0.05, 0.1) is 0 Å². The Morgan fingerprint density at radius 3 is 2.75 bits per heavy atom. The minimum atomic E-state index is -0.482. The third kappa shape index (κ3) is 2.05. The number of benzene rings is 1. The minimum Gasteiger partial charge on any atom is -0.326 e. The highest BCUT2D eigenvalue weighted by atomic mass is 19.1. The second-order valence-electron chi connectivity index (χ2n) is 2.42. The number of carbonyl (C=O) groups is 1. The summed E-state index contributed by atoms with van der Waals surface area (Å²) in [5.41, 5.74) is 0.530. The predicted octanol–water partition coefficient (Wildman–Crippen LogP) is 1.84. The van der Waals surface area contributed by atoms with E-state index in [9.17, 15) is 9.18 Å². The van der Waals surface area contributed by atoms with Crippen LogP contribution in [-0.2, 0) is 4.79 Å². The van der Waals surface area contributed by atoms with Gasteiger partial charge >= 0.3 is 0 Å². The van der Waals surface area contributed by atoms with Crippen LogP contribution in [0.4, 0.5) is 10.1 Å². The van der Waals surface area contributed by atoms with Crippen LogP contribution in [0.15, 0.2) is 18.2 Å². The number of hydrogen-bond acceptors (Lipinski definition) is 1. The second-order valence-corrected chi connectivity index (χ2v) is 2.42. The number of anilines is 1. The number of amides is 1. The summed E-state index contributed by atoms with van der Waals surface area (Å²) in [7, 11) is 0. The van der Waals surface area contributed by atoms with Gasteiger partial charge in [-0.05, 0) is 23.8 Å². The van der Waals surface area contributed by atoms with Crippen molar-refractivity contribution in [3.63, 3.8) is 0 Å². The standard InChI is InChI=1S/C9H8FNO/c1-6-5-8(11-7(2)12)3-4-9(6)10/h1,3-5H,2H3,(H,11,12). The highest BCUT2D eigenvalue weighted by molar-refractivity contribution is 5.88. The van der Waals surface area contributed by atoms with E-state index in [-0.39, 0.29) is 11.5 Å². The number of rotatable bonds is 1. The molecule has 1 amide bonds. The molecule has 1 rings (SSSR count). The fraction of sp³-hybridized carbons (Fsp3) is 0.111. The molecule has 12 heavy (non-hydrogen) atoms. The molecule has 1 N–H and O–H groups in total. The first-order valence-corrected chi connectivity index (χ1v) is 3.42. The highest BCUT2D eigenvalue weighted by Gasteiger charge is 1.99. The normalized spacial score (nSPS) is 9.58. The molecule has 0 bridgehead atoms. The first-order chi connectivity index (χ1) is 5.59. The van der Waals surface area contributed by atoms with E-state index in [1.807, 2.05) is 0 Å². The Morgan fingerprint density at radius 1 is 1.58 bits per heavy atom. The molecule has 0 aliphatic heterocycles. The van der Waals surface area contributed by atoms with Gasteiger partial charge in [-0.1, -0.05) is 0 Å². The predicted molar refractivity (Wildman–Crippen MR) is 44.1 cm³/mol. The Labute approximate surface area is 70.4 Å². The molecule has 1 aromatic rings. The lowest BCUT2D eigenvalue weighted by Gasteiger charge is -2.02. The Kier molecular flexibility index (Phi) is 2.43. The van der Waals surface area contributed by atoms with E-state index < -0.39 is 5.82 Å². The lowest BCUT2D eigenvalue weighted by Crippen LogP contribution is -2.05. The lowest BCUT2D eigenvalue weighted by atomic mass is 10.2. The topological polar surface area (TPSA) is 29.1 Å². The summed E-state index contributed by atoms with van der Waals surface area (Å²) >= 11 is 0. The van der Waals surface area contributed by atoms with Crippen LogP contribution in [0.1, 0.15) is 12.5 Å². The molecular weight excluding hydrogens is 157 g/mol. The molecule has 0 heterocycles. The summed E-state index contributed by atoms with van der Waals surface area (Å²) in [6.45, 7) is 6.64. The molecule has 0 fully saturated rings. The molecule has 0 atom stereocenters. The van der Waals surface area contributed by atoms with Crippen molar-refractivity contribution in [2.24, 2.45) is 0 Å². The zero-order valence-corrected chi connectivity index (χ0v) is 6.60. The molecule has 1 aromatic carbocycles. The van der Waals surface area contributed by atoms with Crippen LogP contribution in [0.3, 0.4) is 0 Å². The third-order valence-corrected chi connectivity index (χ3v) is 1.32. The Bertz CT molecular complexity index is 309. The fourth-order valence-corrected chi connectivity index (χ4v) is 0.825. The molecule has 0 aromatic heterocycles. The van der Waals surface area contributed by atoms with E-state index in [4.69, 9.17) is 6.92 Å². The SMILES string of the molecule is [CH]c1cc(NC(C)=O)ccc1F. The molecule has 0 aliphatic rings. The smallest absolute Gasteiger partial charge is 0.221 e. The van der Waals surface area contributed by atoms with Crippen molar-refractivity contribution in [2.45, 2.75) is 6.92 Å². The van der Waals surface area contributed by atoms with E-state index >= 15 is 0 Å². The van der Waals surface area contributed by atoms with Gasteiger partial charge in [0.1, 0.15) is 5.82 Å². The summed E-state index contributed by atoms with van der Waals surface area (Å²) in [4.78, 5) is 10.6. The maximum atomic E-state index is 12.6. The van der Waals surface area contributed by atoms with Gasteiger partial charge in [-0.25, -0.2) is 4.39 Å². The molecule has 0 saturated carbocycles. The van der Waals surface area contributed by atoms with Crippen LogP contribution >= 0.6 is 0 Å². The van der Waals surface area contributed by atoms with Gasteiger partial charge in [0.15, 0.2) is 0 Å². The number of nitrogens with one attached hydrogen (secondary N) is 1. The number of halogens is 1. The quantitative estimate of drug-likeness (QED) is 0.675. The first-order valence-electron chi connectivity index (χ1n) is 3.42. The molecule has 62 valence electrons. The van der Waals surface area contributed by atoms with Crippen LogP contribution in [0.2, 0.25) is 0 Å². The monoisotopic (exact) mass is 165 g/mol. The highest BCUT2D eigenvalue weighted by Crippen LogP contribution is 2.13. The van der Waals surface area contributed by atoms with Crippen molar-refractivity contribution >= 4 is 11.6 Å². The van der Waals surface area contributed by atoms with Gasteiger partial charge in [-0.3, -0.25) is 4.79 Å². The summed E-state index contributed by atoms with van der Waals surface area (Å²) in [6, 6.07) is 4.03. The van der Waals surface area contributed by atoms with Crippen molar-refractivity contribution in [1.29, 1.82) is 0 Å². The third-order valence-electron chi connectivity index (χ3n) is 1.32. The summed E-state index contributed by atoms with van der Waals surface area (Å²) < 4.78 is 12.6. The van der Waals surface area contributed by atoms with Crippen LogP contribution < -0.4 is 5.32 Å². The number of hydrogen-bond donors (Lipinski definition) is 1. The van der Waals surface area contributed by atoms with Crippen molar-refractivity contribution < 1.29 is 9.18 Å². The molecule has 2 nitrogen and oxygen atoms in total. The number of carbonyl (C=O) groups excluding carboxylic acids is 1. The van der Waals surface area contributed by atoms with Crippen LogP contribution in [0.25, 0.3) is 0 Å². The van der Waals surface area contributed by atoms with Crippen molar-refractivity contribution in [2.75, 3.05) is 5.32 Å². The fourth-order valence-electron chi connectivity index (χ4n) is 0.825. The summed E-state index contributed by atoms with van der Waals surface area (Å²) in [6.07, 6.45) is 0. The molecule has 0 unspecified atom stereocenters. The maximum Gasteiger partial charge on any atom is 0.221 e. The minimum absolute atomic E-state index is 0.0289. The van der Waals surface area contributed by atoms with Gasteiger partial charge in [0, 0.05) is 19.5 Å². The van der Waals surface area contributed by atoms with Crippen LogP contribution in [-0.4, -0.2) is 5.91 Å². The van der Waals surface area contributed by atoms with Gasteiger partial charge in [0.25, 0.3) is 0 Å². The van der Waals surface area contributed by atoms with Crippen molar-refractivity contribution in [1.82, 2.24) is 0 Å². The molecular formula is C9H8FNO. The molecule has 2 radical (unpaired) electrons. The average Bonchev–Trinajstić information content (AvgIpc) is 1.96. The maximum absolute atomic E-state index is 12.6. The average molecular weight is 165 g/mol. The Balaban J connectivity index is 2.89. The zero-order valence-electron chi connectivity index (χ0n) is 6.60. The van der Waals surface area contributed by atoms with E-state index in [1.54, 1.807) is 0 Å². The van der Waals surface area contributed by atoms with E-state index in [0.29, 0.717) is 5.69 Å².